The first-order valence-electron chi connectivity index (χ1n) is 10.6. The van der Waals surface area contributed by atoms with E-state index in [0.29, 0.717) is 17.9 Å². The molecule has 0 aliphatic carbocycles. The van der Waals surface area contributed by atoms with Crippen LogP contribution in [0.25, 0.3) is 10.9 Å². The van der Waals surface area contributed by atoms with E-state index < -0.39 is 0 Å². The van der Waals surface area contributed by atoms with E-state index >= 15 is 0 Å². The molecule has 30 heavy (non-hydrogen) atoms. The number of anilines is 2. The minimum absolute atomic E-state index is 0.0753. The van der Waals surface area contributed by atoms with Crippen molar-refractivity contribution in [1.82, 2.24) is 15.2 Å². The molecule has 1 amide bonds. The number of aromatic nitrogens is 1. The zero-order valence-corrected chi connectivity index (χ0v) is 17.4. The first-order valence-corrected chi connectivity index (χ1v) is 10.6. The van der Waals surface area contributed by atoms with Gasteiger partial charge >= 0.3 is 0 Å². The SMILES string of the molecule is CCc1ccccc1Nc1cc(C(=O)NCCN2CCOCC2)c2ccccc2n1. The number of morpholine rings is 1. The average Bonchev–Trinajstić information content (AvgIpc) is 2.79. The van der Waals surface area contributed by atoms with Gasteiger partial charge in [-0.25, -0.2) is 4.98 Å². The van der Waals surface area contributed by atoms with Crippen molar-refractivity contribution in [1.29, 1.82) is 0 Å². The van der Waals surface area contributed by atoms with Crippen molar-refractivity contribution in [3.05, 3.63) is 65.7 Å². The van der Waals surface area contributed by atoms with Crippen LogP contribution in [0.15, 0.2) is 54.6 Å². The molecule has 2 heterocycles. The number of amides is 1. The molecule has 1 aliphatic heterocycles. The lowest BCUT2D eigenvalue weighted by atomic mass is 10.1. The van der Waals surface area contributed by atoms with E-state index in [-0.39, 0.29) is 5.91 Å². The Labute approximate surface area is 177 Å². The van der Waals surface area contributed by atoms with Crippen molar-refractivity contribution in [2.45, 2.75) is 13.3 Å². The molecular formula is C24H28N4O2. The molecule has 2 N–H and O–H groups in total. The molecule has 3 aromatic rings. The molecule has 0 bridgehead atoms. The smallest absolute Gasteiger partial charge is 0.252 e. The van der Waals surface area contributed by atoms with Crippen LogP contribution in [0.2, 0.25) is 0 Å². The summed E-state index contributed by atoms with van der Waals surface area (Å²) in [6, 6.07) is 17.8. The van der Waals surface area contributed by atoms with E-state index in [1.807, 2.05) is 48.5 Å². The third-order valence-electron chi connectivity index (χ3n) is 5.44. The van der Waals surface area contributed by atoms with Crippen molar-refractivity contribution < 1.29 is 9.53 Å². The number of aryl methyl sites for hydroxylation is 1. The molecule has 156 valence electrons. The van der Waals surface area contributed by atoms with Gasteiger partial charge in [-0.3, -0.25) is 9.69 Å². The van der Waals surface area contributed by atoms with E-state index in [1.54, 1.807) is 0 Å². The Morgan fingerprint density at radius 1 is 1.10 bits per heavy atom. The fraction of sp³-hybridized carbons (Fsp3) is 0.333. The molecule has 1 aromatic heterocycles. The number of rotatable bonds is 7. The number of para-hydroxylation sites is 2. The number of ether oxygens (including phenoxy) is 1. The number of nitrogens with one attached hydrogen (secondary N) is 2. The maximum atomic E-state index is 13.0. The van der Waals surface area contributed by atoms with Crippen LogP contribution in [-0.2, 0) is 11.2 Å². The highest BCUT2D eigenvalue weighted by atomic mass is 16.5. The molecule has 1 aliphatic rings. The van der Waals surface area contributed by atoms with Crippen LogP contribution >= 0.6 is 0 Å². The van der Waals surface area contributed by atoms with Gasteiger partial charge in [0.15, 0.2) is 0 Å². The quantitative estimate of drug-likeness (QED) is 0.630. The number of pyridine rings is 1. The molecule has 4 rings (SSSR count). The van der Waals surface area contributed by atoms with Gasteiger partial charge in [0.1, 0.15) is 5.82 Å². The van der Waals surface area contributed by atoms with E-state index in [2.05, 4.69) is 28.5 Å². The summed E-state index contributed by atoms with van der Waals surface area (Å²) in [4.78, 5) is 20.1. The highest BCUT2D eigenvalue weighted by Crippen LogP contribution is 2.25. The van der Waals surface area contributed by atoms with Gasteiger partial charge in [-0.05, 0) is 30.2 Å². The molecule has 6 heteroatoms. The summed E-state index contributed by atoms with van der Waals surface area (Å²) in [6.07, 6.45) is 0.922. The Morgan fingerprint density at radius 3 is 2.70 bits per heavy atom. The summed E-state index contributed by atoms with van der Waals surface area (Å²) in [7, 11) is 0. The lowest BCUT2D eigenvalue weighted by Crippen LogP contribution is -2.41. The van der Waals surface area contributed by atoms with Crippen LogP contribution in [0, 0.1) is 0 Å². The fourth-order valence-electron chi connectivity index (χ4n) is 3.76. The third kappa shape index (κ3) is 4.78. The van der Waals surface area contributed by atoms with Crippen molar-refractivity contribution in [3.8, 4) is 0 Å². The Bertz CT molecular complexity index is 1020. The summed E-state index contributed by atoms with van der Waals surface area (Å²) in [5.41, 5.74) is 3.67. The standard InChI is InChI=1S/C24H28N4O2/c1-2-18-7-3-5-9-21(18)26-23-17-20(19-8-4-6-10-22(19)27-23)24(29)25-11-12-28-13-15-30-16-14-28/h3-10,17H,2,11-16H2,1H3,(H,25,29)(H,26,27). The number of fused-ring (bicyclic) bond motifs is 1. The molecule has 0 unspecified atom stereocenters. The molecule has 6 nitrogen and oxygen atoms in total. The lowest BCUT2D eigenvalue weighted by Gasteiger charge is -2.26. The van der Waals surface area contributed by atoms with Gasteiger partial charge in [-0.1, -0.05) is 43.3 Å². The summed E-state index contributed by atoms with van der Waals surface area (Å²) in [5.74, 6) is 0.599. The third-order valence-corrected chi connectivity index (χ3v) is 5.44. The number of hydrogen-bond donors (Lipinski definition) is 2. The van der Waals surface area contributed by atoms with Crippen molar-refractivity contribution in [3.63, 3.8) is 0 Å². The average molecular weight is 405 g/mol. The lowest BCUT2D eigenvalue weighted by molar-refractivity contribution is 0.0383. The molecule has 2 aromatic carbocycles. The number of benzene rings is 2. The number of carbonyl (C=O) groups is 1. The largest absolute Gasteiger partial charge is 0.379 e. The van der Waals surface area contributed by atoms with Crippen molar-refractivity contribution in [2.24, 2.45) is 0 Å². The predicted octanol–water partition coefficient (Wildman–Crippen LogP) is 3.60. The summed E-state index contributed by atoms with van der Waals surface area (Å²) in [6.45, 7) is 6.91. The second-order valence-corrected chi connectivity index (χ2v) is 7.42. The van der Waals surface area contributed by atoms with Gasteiger partial charge in [-0.2, -0.15) is 0 Å². The topological polar surface area (TPSA) is 66.5 Å². The van der Waals surface area contributed by atoms with Gasteiger partial charge in [0, 0.05) is 37.3 Å². The maximum Gasteiger partial charge on any atom is 0.252 e. The summed E-state index contributed by atoms with van der Waals surface area (Å²) < 4.78 is 5.38. The highest BCUT2D eigenvalue weighted by molar-refractivity contribution is 6.07. The Balaban J connectivity index is 1.54. The fourth-order valence-corrected chi connectivity index (χ4v) is 3.76. The first kappa shape index (κ1) is 20.3. The minimum Gasteiger partial charge on any atom is -0.379 e. The second kappa shape index (κ2) is 9.69. The maximum absolute atomic E-state index is 13.0. The molecule has 0 radical (unpaired) electrons. The van der Waals surface area contributed by atoms with E-state index in [0.717, 1.165) is 55.9 Å². The van der Waals surface area contributed by atoms with Crippen LogP contribution in [0.4, 0.5) is 11.5 Å². The van der Waals surface area contributed by atoms with Crippen LogP contribution in [0.3, 0.4) is 0 Å². The second-order valence-electron chi connectivity index (χ2n) is 7.42. The number of nitrogens with zero attached hydrogens (tertiary/aromatic N) is 2. The van der Waals surface area contributed by atoms with Crippen molar-refractivity contribution >= 4 is 28.3 Å². The number of hydrogen-bond acceptors (Lipinski definition) is 5. The van der Waals surface area contributed by atoms with Gasteiger partial charge < -0.3 is 15.4 Å². The molecule has 1 fully saturated rings. The van der Waals surface area contributed by atoms with Gasteiger partial charge in [0.05, 0.1) is 24.3 Å². The predicted molar refractivity (Wildman–Crippen MR) is 120 cm³/mol. The Kier molecular flexibility index (Phi) is 6.57. The summed E-state index contributed by atoms with van der Waals surface area (Å²) in [5, 5.41) is 7.34. The Morgan fingerprint density at radius 2 is 1.87 bits per heavy atom. The van der Waals surface area contributed by atoms with E-state index in [4.69, 9.17) is 9.72 Å². The van der Waals surface area contributed by atoms with Crippen LogP contribution < -0.4 is 10.6 Å². The molecule has 0 atom stereocenters. The normalized spacial score (nSPS) is 14.6. The summed E-state index contributed by atoms with van der Waals surface area (Å²) >= 11 is 0. The van der Waals surface area contributed by atoms with Crippen LogP contribution in [0.5, 0.6) is 0 Å². The zero-order chi connectivity index (χ0) is 20.8. The molecular weight excluding hydrogens is 376 g/mol. The van der Waals surface area contributed by atoms with Gasteiger partial charge in [0.2, 0.25) is 0 Å². The zero-order valence-electron chi connectivity index (χ0n) is 17.4. The van der Waals surface area contributed by atoms with E-state index in [9.17, 15) is 4.79 Å². The van der Waals surface area contributed by atoms with Crippen molar-refractivity contribution in [2.75, 3.05) is 44.7 Å². The van der Waals surface area contributed by atoms with Gasteiger partial charge in [0.25, 0.3) is 5.91 Å². The van der Waals surface area contributed by atoms with E-state index in [1.165, 1.54) is 5.56 Å². The molecule has 0 saturated carbocycles. The Hall–Kier alpha value is -2.96. The highest BCUT2D eigenvalue weighted by Gasteiger charge is 2.15. The van der Waals surface area contributed by atoms with Crippen LogP contribution in [0.1, 0.15) is 22.8 Å². The molecule has 1 saturated heterocycles. The van der Waals surface area contributed by atoms with Crippen LogP contribution in [-0.4, -0.2) is 55.2 Å². The molecule has 0 spiro atoms. The number of carbonyl (C=O) groups excluding carboxylic acids is 1. The monoisotopic (exact) mass is 404 g/mol. The minimum atomic E-state index is -0.0753. The van der Waals surface area contributed by atoms with Gasteiger partial charge in [-0.15, -0.1) is 0 Å². The first-order chi connectivity index (χ1) is 14.7.